The molecular weight excluding hydrogens is 397 g/mol. The molecule has 30 heavy (non-hydrogen) atoms. The van der Waals surface area contributed by atoms with Crippen molar-refractivity contribution in [2.24, 2.45) is 16.8 Å². The molecule has 0 bridgehead atoms. The zero-order valence-electron chi connectivity index (χ0n) is 18.6. The summed E-state index contributed by atoms with van der Waals surface area (Å²) in [6.45, 7) is 7.61. The van der Waals surface area contributed by atoms with E-state index < -0.39 is 17.7 Å². The molecule has 1 amide bonds. The maximum atomic E-state index is 13.0. The average Bonchev–Trinajstić information content (AvgIpc) is 2.65. The number of likely N-dealkylation sites (tertiary alicyclic amines) is 1. The summed E-state index contributed by atoms with van der Waals surface area (Å²) in [6, 6.07) is -0.214. The first-order valence-electron chi connectivity index (χ1n) is 11.0. The molecule has 6 nitrogen and oxygen atoms in total. The van der Waals surface area contributed by atoms with Gasteiger partial charge < -0.3 is 20.3 Å². The third-order valence-corrected chi connectivity index (χ3v) is 5.72. The number of rotatable bonds is 4. The topological polar surface area (TPSA) is 66.0 Å². The molecule has 2 aliphatic rings. The Morgan fingerprint density at radius 3 is 2.53 bits per heavy atom. The van der Waals surface area contributed by atoms with Gasteiger partial charge >= 0.3 is 12.3 Å². The second-order valence-corrected chi connectivity index (χ2v) is 9.47. The Hall–Kier alpha value is -1.67. The Balaban J connectivity index is 1.74. The Labute approximate surface area is 178 Å². The number of carbonyl (C=O) groups is 1. The fourth-order valence-electron chi connectivity index (χ4n) is 4.19. The normalized spacial score (nSPS) is 26.3. The van der Waals surface area contributed by atoms with Crippen molar-refractivity contribution < 1.29 is 22.7 Å². The molecule has 1 heterocycles. The van der Waals surface area contributed by atoms with Gasteiger partial charge in [0.15, 0.2) is 5.96 Å². The minimum atomic E-state index is -4.13. The smallest absolute Gasteiger partial charge is 0.410 e. The zero-order chi connectivity index (χ0) is 22.4. The molecule has 174 valence electrons. The van der Waals surface area contributed by atoms with Gasteiger partial charge in [0, 0.05) is 32.7 Å². The van der Waals surface area contributed by atoms with Crippen LogP contribution in [0.15, 0.2) is 4.99 Å². The number of nitrogens with one attached hydrogen (secondary N) is 2. The van der Waals surface area contributed by atoms with E-state index in [2.05, 4.69) is 15.6 Å². The van der Waals surface area contributed by atoms with E-state index in [-0.39, 0.29) is 25.0 Å². The molecule has 3 atom stereocenters. The van der Waals surface area contributed by atoms with Gasteiger partial charge in [0.25, 0.3) is 0 Å². The van der Waals surface area contributed by atoms with E-state index in [1.165, 1.54) is 0 Å². The highest BCUT2D eigenvalue weighted by molar-refractivity contribution is 5.79. The number of alkyl halides is 3. The summed E-state index contributed by atoms with van der Waals surface area (Å²) in [5.41, 5.74) is -0.506. The number of carbonyl (C=O) groups excluding carboxylic acids is 1. The van der Waals surface area contributed by atoms with Gasteiger partial charge in [-0.2, -0.15) is 13.2 Å². The average molecular weight is 435 g/mol. The standard InChI is InChI=1S/C21H37F3N4O2/c1-20(2,3)30-19(29)28-12-6-7-15(14-28)10-11-26-18(25-4)27-17-9-5-8-16(13-17)21(22,23)24/h15-17H,5-14H2,1-4H3,(H2,25,26,27). The second-order valence-electron chi connectivity index (χ2n) is 9.47. The lowest BCUT2D eigenvalue weighted by molar-refractivity contribution is -0.183. The maximum Gasteiger partial charge on any atom is 0.410 e. The van der Waals surface area contributed by atoms with Crippen molar-refractivity contribution in [1.29, 1.82) is 0 Å². The van der Waals surface area contributed by atoms with Crippen LogP contribution in [-0.4, -0.2) is 61.5 Å². The number of amides is 1. The molecule has 9 heteroatoms. The number of halogens is 3. The van der Waals surface area contributed by atoms with Crippen molar-refractivity contribution >= 4 is 12.1 Å². The Kier molecular flexibility index (Phi) is 8.67. The molecular formula is C21H37F3N4O2. The zero-order valence-corrected chi connectivity index (χ0v) is 18.6. The molecule has 1 aliphatic heterocycles. The number of piperidine rings is 1. The van der Waals surface area contributed by atoms with Crippen LogP contribution in [0.5, 0.6) is 0 Å². The molecule has 0 aromatic carbocycles. The Morgan fingerprint density at radius 2 is 1.90 bits per heavy atom. The van der Waals surface area contributed by atoms with Crippen LogP contribution >= 0.6 is 0 Å². The number of hydrogen-bond donors (Lipinski definition) is 2. The monoisotopic (exact) mass is 434 g/mol. The molecule has 1 aliphatic carbocycles. The predicted molar refractivity (Wildman–Crippen MR) is 111 cm³/mol. The number of nitrogens with zero attached hydrogens (tertiary/aromatic N) is 2. The van der Waals surface area contributed by atoms with E-state index in [0.29, 0.717) is 37.9 Å². The fourth-order valence-corrected chi connectivity index (χ4v) is 4.19. The van der Waals surface area contributed by atoms with Crippen LogP contribution in [0.1, 0.15) is 65.7 Å². The van der Waals surface area contributed by atoms with Crippen LogP contribution in [-0.2, 0) is 4.74 Å². The summed E-state index contributed by atoms with van der Waals surface area (Å²) < 4.78 is 44.5. The van der Waals surface area contributed by atoms with Crippen molar-refractivity contribution in [2.45, 2.75) is 83.5 Å². The van der Waals surface area contributed by atoms with Gasteiger partial charge in [-0.25, -0.2) is 4.79 Å². The van der Waals surface area contributed by atoms with Crippen LogP contribution in [0.2, 0.25) is 0 Å². The number of aliphatic imine (C=N–C) groups is 1. The minimum Gasteiger partial charge on any atom is -0.444 e. The molecule has 0 aromatic heterocycles. The highest BCUT2D eigenvalue weighted by Gasteiger charge is 2.42. The molecule has 2 fully saturated rings. The van der Waals surface area contributed by atoms with Crippen molar-refractivity contribution in [3.8, 4) is 0 Å². The lowest BCUT2D eigenvalue weighted by atomic mass is 9.85. The first-order chi connectivity index (χ1) is 14.0. The minimum absolute atomic E-state index is 0.0949. The highest BCUT2D eigenvalue weighted by atomic mass is 19.4. The number of hydrogen-bond acceptors (Lipinski definition) is 3. The molecule has 0 radical (unpaired) electrons. The third-order valence-electron chi connectivity index (χ3n) is 5.72. The molecule has 0 aromatic rings. The van der Waals surface area contributed by atoms with Crippen LogP contribution in [0.25, 0.3) is 0 Å². The van der Waals surface area contributed by atoms with Gasteiger partial charge in [-0.3, -0.25) is 4.99 Å². The van der Waals surface area contributed by atoms with Crippen molar-refractivity contribution in [3.05, 3.63) is 0 Å². The van der Waals surface area contributed by atoms with Crippen LogP contribution in [0.3, 0.4) is 0 Å². The number of ether oxygens (including phenoxy) is 1. The van der Waals surface area contributed by atoms with E-state index in [9.17, 15) is 18.0 Å². The predicted octanol–water partition coefficient (Wildman–Crippen LogP) is 4.31. The van der Waals surface area contributed by atoms with E-state index in [1.807, 2.05) is 20.8 Å². The Bertz CT molecular complexity index is 590. The Morgan fingerprint density at radius 1 is 1.17 bits per heavy atom. The first kappa shape index (κ1) is 24.6. The SMILES string of the molecule is CN=C(NCCC1CCCN(C(=O)OC(C)(C)C)C1)NC1CCCC(C(F)(F)F)C1. The van der Waals surface area contributed by atoms with Crippen LogP contribution < -0.4 is 10.6 Å². The van der Waals surface area contributed by atoms with Gasteiger partial charge in [0.1, 0.15) is 5.60 Å². The summed E-state index contributed by atoms with van der Waals surface area (Å²) in [5, 5.41) is 6.38. The maximum absolute atomic E-state index is 13.0. The van der Waals surface area contributed by atoms with E-state index in [0.717, 1.165) is 25.7 Å². The highest BCUT2D eigenvalue weighted by Crippen LogP contribution is 2.37. The largest absolute Gasteiger partial charge is 0.444 e. The molecule has 3 unspecified atom stereocenters. The summed E-state index contributed by atoms with van der Waals surface area (Å²) in [6.07, 6.45) is 0.0484. The van der Waals surface area contributed by atoms with Crippen LogP contribution in [0.4, 0.5) is 18.0 Å². The van der Waals surface area contributed by atoms with E-state index in [4.69, 9.17) is 4.74 Å². The third kappa shape index (κ3) is 8.22. The van der Waals surface area contributed by atoms with Crippen molar-refractivity contribution in [3.63, 3.8) is 0 Å². The van der Waals surface area contributed by atoms with E-state index >= 15 is 0 Å². The second kappa shape index (κ2) is 10.6. The molecule has 2 N–H and O–H groups in total. The molecule has 1 saturated carbocycles. The lowest BCUT2D eigenvalue weighted by Crippen LogP contribution is -2.47. The summed E-state index contributed by atoms with van der Waals surface area (Å²) in [5.74, 6) is -0.327. The van der Waals surface area contributed by atoms with Crippen molar-refractivity contribution in [2.75, 3.05) is 26.7 Å². The summed E-state index contributed by atoms with van der Waals surface area (Å²) in [7, 11) is 1.63. The van der Waals surface area contributed by atoms with Gasteiger partial charge in [-0.1, -0.05) is 6.42 Å². The van der Waals surface area contributed by atoms with Crippen LogP contribution in [0, 0.1) is 11.8 Å². The summed E-state index contributed by atoms with van der Waals surface area (Å²) in [4.78, 5) is 18.2. The first-order valence-corrected chi connectivity index (χ1v) is 11.0. The van der Waals surface area contributed by atoms with Gasteiger partial charge in [-0.05, 0) is 65.2 Å². The molecule has 0 spiro atoms. The van der Waals surface area contributed by atoms with Gasteiger partial charge in [-0.15, -0.1) is 0 Å². The summed E-state index contributed by atoms with van der Waals surface area (Å²) >= 11 is 0. The van der Waals surface area contributed by atoms with Gasteiger partial charge in [0.2, 0.25) is 0 Å². The molecule has 2 rings (SSSR count). The van der Waals surface area contributed by atoms with Crippen molar-refractivity contribution in [1.82, 2.24) is 15.5 Å². The quantitative estimate of drug-likeness (QED) is 0.511. The van der Waals surface area contributed by atoms with Gasteiger partial charge in [0.05, 0.1) is 5.92 Å². The molecule has 1 saturated heterocycles. The lowest BCUT2D eigenvalue weighted by Gasteiger charge is -2.34. The number of guanidine groups is 1. The van der Waals surface area contributed by atoms with E-state index in [1.54, 1.807) is 11.9 Å². The fraction of sp³-hybridized carbons (Fsp3) is 0.905.